The molecule has 0 N–H and O–H groups in total. The van der Waals surface area contributed by atoms with E-state index in [1.807, 2.05) is 0 Å². The molecule has 0 aromatic rings. The Morgan fingerprint density at radius 3 is 2.09 bits per heavy atom. The van der Waals surface area contributed by atoms with Crippen molar-refractivity contribution >= 4 is 39.1 Å². The lowest BCUT2D eigenvalue weighted by atomic mass is 10.1. The maximum absolute atomic E-state index is 5.73. The fraction of sp³-hybridized carbons (Fsp3) is 1.00. The Balaban J connectivity index is 3.02. The van der Waals surface area contributed by atoms with Crippen molar-refractivity contribution < 1.29 is 0 Å². The van der Waals surface area contributed by atoms with Crippen LogP contribution in [0.15, 0.2) is 0 Å². The maximum atomic E-state index is 5.73. The number of alkyl halides is 3. The molecule has 0 fully saturated rings. The molecule has 0 aromatic carbocycles. The molecule has 0 amide bonds. The summed E-state index contributed by atoms with van der Waals surface area (Å²) in [4.78, 5) is 0. The highest BCUT2D eigenvalue weighted by Crippen LogP contribution is 2.34. The molecular formula is C8H15BrCl2. The van der Waals surface area contributed by atoms with Gasteiger partial charge in [0.25, 0.3) is 0 Å². The third-order valence-corrected chi connectivity index (χ3v) is 2.34. The first-order valence-corrected chi connectivity index (χ1v) is 5.68. The van der Waals surface area contributed by atoms with Gasteiger partial charge in [-0.1, -0.05) is 55.8 Å². The molecule has 0 heterocycles. The van der Waals surface area contributed by atoms with E-state index >= 15 is 0 Å². The molecule has 0 aliphatic rings. The van der Waals surface area contributed by atoms with Crippen LogP contribution >= 0.6 is 39.1 Å². The fourth-order valence-corrected chi connectivity index (χ4v) is 1.48. The van der Waals surface area contributed by atoms with Crippen molar-refractivity contribution in [3.63, 3.8) is 0 Å². The van der Waals surface area contributed by atoms with Crippen LogP contribution in [0.5, 0.6) is 0 Å². The van der Waals surface area contributed by atoms with Crippen LogP contribution in [0.1, 0.15) is 45.4 Å². The van der Waals surface area contributed by atoms with Crippen LogP contribution in [0.2, 0.25) is 0 Å². The molecule has 11 heavy (non-hydrogen) atoms. The fourth-order valence-electron chi connectivity index (χ4n) is 0.929. The molecule has 0 radical (unpaired) electrons. The second-order valence-corrected chi connectivity index (χ2v) is 6.53. The molecule has 0 rings (SSSR count). The Kier molecular flexibility index (Phi) is 7.19. The summed E-state index contributed by atoms with van der Waals surface area (Å²) in [6.07, 6.45) is 7.08. The van der Waals surface area contributed by atoms with Gasteiger partial charge in [-0.05, 0) is 28.8 Å². The summed E-state index contributed by atoms with van der Waals surface area (Å²) in [6.45, 7) is 2.21. The molecule has 68 valence electrons. The largest absolute Gasteiger partial charge is 0.172 e. The lowest BCUT2D eigenvalue weighted by Gasteiger charge is -2.09. The average molecular weight is 262 g/mol. The summed E-state index contributed by atoms with van der Waals surface area (Å²) in [5.41, 5.74) is 0. The van der Waals surface area contributed by atoms with Gasteiger partial charge in [-0.3, -0.25) is 0 Å². The molecule has 3 heteroatoms. The Bertz CT molecular complexity index is 88.6. The quantitative estimate of drug-likeness (QED) is 0.473. The highest BCUT2D eigenvalue weighted by atomic mass is 79.9. The number of hydrogen-bond donors (Lipinski definition) is 0. The predicted octanol–water partition coefficient (Wildman–Crippen LogP) is 4.87. The molecule has 0 unspecified atom stereocenters. The van der Waals surface area contributed by atoms with Crippen LogP contribution in [-0.4, -0.2) is 3.24 Å². The lowest BCUT2D eigenvalue weighted by Crippen LogP contribution is -1.99. The van der Waals surface area contributed by atoms with Gasteiger partial charge < -0.3 is 0 Å². The van der Waals surface area contributed by atoms with E-state index in [-0.39, 0.29) is 0 Å². The first-order chi connectivity index (χ1) is 5.06. The zero-order valence-electron chi connectivity index (χ0n) is 6.88. The monoisotopic (exact) mass is 260 g/mol. The first-order valence-electron chi connectivity index (χ1n) is 4.13. The van der Waals surface area contributed by atoms with Crippen LogP contribution < -0.4 is 0 Å². The predicted molar refractivity (Wildman–Crippen MR) is 56.7 cm³/mol. The topological polar surface area (TPSA) is 0 Å². The van der Waals surface area contributed by atoms with E-state index in [0.29, 0.717) is 0 Å². The zero-order chi connectivity index (χ0) is 8.74. The molecular weight excluding hydrogens is 247 g/mol. The van der Waals surface area contributed by atoms with Gasteiger partial charge in [0.15, 0.2) is 3.24 Å². The SMILES string of the molecule is CCCCCCCC(Cl)(Cl)Br. The van der Waals surface area contributed by atoms with Crippen molar-refractivity contribution in [1.82, 2.24) is 0 Å². The van der Waals surface area contributed by atoms with E-state index in [1.54, 1.807) is 0 Å². The van der Waals surface area contributed by atoms with Crippen molar-refractivity contribution in [3.05, 3.63) is 0 Å². The number of hydrogen-bond acceptors (Lipinski definition) is 0. The summed E-state index contributed by atoms with van der Waals surface area (Å²) in [5, 5.41) is 0. The third kappa shape index (κ3) is 11.1. The van der Waals surface area contributed by atoms with E-state index < -0.39 is 3.24 Å². The molecule has 0 atom stereocenters. The van der Waals surface area contributed by atoms with E-state index in [4.69, 9.17) is 23.2 Å². The molecule has 0 aromatic heterocycles. The van der Waals surface area contributed by atoms with E-state index in [9.17, 15) is 0 Å². The van der Waals surface area contributed by atoms with Gasteiger partial charge >= 0.3 is 0 Å². The third-order valence-electron chi connectivity index (χ3n) is 1.56. The van der Waals surface area contributed by atoms with E-state index in [0.717, 1.165) is 12.8 Å². The smallest absolute Gasteiger partial charge is 0.0888 e. The Morgan fingerprint density at radius 1 is 1.09 bits per heavy atom. The van der Waals surface area contributed by atoms with Crippen molar-refractivity contribution in [1.29, 1.82) is 0 Å². The van der Waals surface area contributed by atoms with Crippen LogP contribution in [0.3, 0.4) is 0 Å². The molecule has 0 aliphatic heterocycles. The van der Waals surface area contributed by atoms with Crippen LogP contribution in [-0.2, 0) is 0 Å². The van der Waals surface area contributed by atoms with Gasteiger partial charge in [-0.2, -0.15) is 0 Å². The first kappa shape index (κ1) is 12.1. The lowest BCUT2D eigenvalue weighted by molar-refractivity contribution is 0.615. The molecule has 0 spiro atoms. The molecule has 0 nitrogen and oxygen atoms in total. The Morgan fingerprint density at radius 2 is 1.64 bits per heavy atom. The van der Waals surface area contributed by atoms with Crippen LogP contribution in [0.25, 0.3) is 0 Å². The summed E-state index contributed by atoms with van der Waals surface area (Å²) in [7, 11) is 0. The van der Waals surface area contributed by atoms with Gasteiger partial charge in [-0.25, -0.2) is 0 Å². The summed E-state index contributed by atoms with van der Waals surface area (Å²) in [6, 6.07) is 0. The van der Waals surface area contributed by atoms with Crippen molar-refractivity contribution in [2.75, 3.05) is 0 Å². The minimum Gasteiger partial charge on any atom is -0.0888 e. The van der Waals surface area contributed by atoms with Gasteiger partial charge in [-0.15, -0.1) is 0 Å². The van der Waals surface area contributed by atoms with Crippen molar-refractivity contribution in [3.8, 4) is 0 Å². The van der Waals surface area contributed by atoms with Crippen LogP contribution in [0.4, 0.5) is 0 Å². The molecule has 0 bridgehead atoms. The minimum atomic E-state index is -0.695. The summed E-state index contributed by atoms with van der Waals surface area (Å²) >= 11 is 14.6. The highest BCUT2D eigenvalue weighted by molar-refractivity contribution is 9.11. The van der Waals surface area contributed by atoms with Gasteiger partial charge in [0, 0.05) is 0 Å². The Labute approximate surface area is 87.8 Å². The van der Waals surface area contributed by atoms with Crippen molar-refractivity contribution in [2.24, 2.45) is 0 Å². The number of halogens is 3. The van der Waals surface area contributed by atoms with Gasteiger partial charge in [0.1, 0.15) is 0 Å². The number of unbranched alkanes of at least 4 members (excludes halogenated alkanes) is 4. The van der Waals surface area contributed by atoms with Gasteiger partial charge in [0.05, 0.1) is 0 Å². The Hall–Kier alpha value is 1.06. The minimum absolute atomic E-state index is 0.695. The second kappa shape index (κ2) is 6.56. The van der Waals surface area contributed by atoms with E-state index in [2.05, 4.69) is 22.9 Å². The zero-order valence-corrected chi connectivity index (χ0v) is 9.97. The second-order valence-electron chi connectivity index (χ2n) is 2.78. The average Bonchev–Trinajstić information content (AvgIpc) is 1.85. The maximum Gasteiger partial charge on any atom is 0.172 e. The molecule has 0 saturated heterocycles. The molecule has 0 saturated carbocycles. The standard InChI is InChI=1S/C8H15BrCl2/c1-2-3-4-5-6-7-8(9,10)11/h2-7H2,1H3. The number of rotatable bonds is 6. The van der Waals surface area contributed by atoms with Crippen LogP contribution in [0, 0.1) is 0 Å². The van der Waals surface area contributed by atoms with Gasteiger partial charge in [0.2, 0.25) is 0 Å². The summed E-state index contributed by atoms with van der Waals surface area (Å²) < 4.78 is -0.695. The molecule has 0 aliphatic carbocycles. The van der Waals surface area contributed by atoms with E-state index in [1.165, 1.54) is 25.7 Å². The normalized spacial score (nSPS) is 12.0. The van der Waals surface area contributed by atoms with Crippen molar-refractivity contribution in [2.45, 2.75) is 48.7 Å². The highest BCUT2D eigenvalue weighted by Gasteiger charge is 2.17. The summed E-state index contributed by atoms with van der Waals surface area (Å²) in [5.74, 6) is 0.